The van der Waals surface area contributed by atoms with Crippen molar-refractivity contribution >= 4 is 22.0 Å². The maximum atomic E-state index is 13.2. The van der Waals surface area contributed by atoms with Gasteiger partial charge in [-0.25, -0.2) is 4.39 Å². The Bertz CT molecular complexity index is 450. The number of hydrogen-bond acceptors (Lipinski definition) is 2. The molecule has 0 spiro atoms. The van der Waals surface area contributed by atoms with E-state index in [-0.39, 0.29) is 11.1 Å². The third-order valence-corrected chi connectivity index (χ3v) is 2.00. The SMILES string of the molecule is N#CC(C#N)=Cc1ccc(Br)cc1F. The fourth-order valence-corrected chi connectivity index (χ4v) is 1.20. The summed E-state index contributed by atoms with van der Waals surface area (Å²) in [6.45, 7) is 0. The van der Waals surface area contributed by atoms with E-state index in [4.69, 9.17) is 10.5 Å². The van der Waals surface area contributed by atoms with Crippen LogP contribution in [-0.4, -0.2) is 0 Å². The number of hydrogen-bond donors (Lipinski definition) is 0. The molecule has 0 saturated heterocycles. The van der Waals surface area contributed by atoms with Crippen LogP contribution in [0.2, 0.25) is 0 Å². The molecule has 1 aromatic rings. The van der Waals surface area contributed by atoms with Crippen molar-refractivity contribution in [1.29, 1.82) is 10.5 Å². The van der Waals surface area contributed by atoms with Gasteiger partial charge in [0, 0.05) is 10.0 Å². The van der Waals surface area contributed by atoms with Crippen molar-refractivity contribution < 1.29 is 4.39 Å². The number of rotatable bonds is 1. The lowest BCUT2D eigenvalue weighted by atomic mass is 10.1. The molecule has 68 valence electrons. The molecular weight excluding hydrogens is 247 g/mol. The molecule has 1 rings (SSSR count). The van der Waals surface area contributed by atoms with Gasteiger partial charge in [-0.1, -0.05) is 22.0 Å². The van der Waals surface area contributed by atoms with E-state index < -0.39 is 5.82 Å². The number of nitrogens with zero attached hydrogens (tertiary/aromatic N) is 2. The molecule has 0 amide bonds. The Morgan fingerprint density at radius 2 is 2.00 bits per heavy atom. The lowest BCUT2D eigenvalue weighted by Gasteiger charge is -1.96. The first kappa shape index (κ1) is 10.4. The molecule has 2 nitrogen and oxygen atoms in total. The van der Waals surface area contributed by atoms with Gasteiger partial charge in [-0.3, -0.25) is 0 Å². The van der Waals surface area contributed by atoms with Crippen LogP contribution < -0.4 is 0 Å². The van der Waals surface area contributed by atoms with E-state index >= 15 is 0 Å². The standard InChI is InChI=1S/C10H4BrFN2/c11-9-2-1-8(10(12)4-9)3-7(5-13)6-14/h1-4H. The first-order valence-electron chi connectivity index (χ1n) is 3.64. The molecule has 1 aromatic carbocycles. The average Bonchev–Trinajstić information content (AvgIpc) is 2.17. The van der Waals surface area contributed by atoms with E-state index in [2.05, 4.69) is 15.9 Å². The van der Waals surface area contributed by atoms with Gasteiger partial charge in [-0.05, 0) is 18.2 Å². The molecule has 14 heavy (non-hydrogen) atoms. The molecule has 0 bridgehead atoms. The lowest BCUT2D eigenvalue weighted by molar-refractivity contribution is 0.624. The molecule has 4 heteroatoms. The topological polar surface area (TPSA) is 47.6 Å². The van der Waals surface area contributed by atoms with Gasteiger partial charge in [-0.2, -0.15) is 10.5 Å². The molecule has 0 fully saturated rings. The molecule has 0 aliphatic heterocycles. The van der Waals surface area contributed by atoms with Gasteiger partial charge in [0.15, 0.2) is 0 Å². The van der Waals surface area contributed by atoms with E-state index in [9.17, 15) is 4.39 Å². The maximum absolute atomic E-state index is 13.2. The number of halogens is 2. The largest absolute Gasteiger partial charge is 0.206 e. The second-order valence-electron chi connectivity index (χ2n) is 2.45. The van der Waals surface area contributed by atoms with Crippen LogP contribution in [0.15, 0.2) is 28.2 Å². The van der Waals surface area contributed by atoms with Crippen molar-refractivity contribution in [2.75, 3.05) is 0 Å². The van der Waals surface area contributed by atoms with Gasteiger partial charge in [0.2, 0.25) is 0 Å². The smallest absolute Gasteiger partial charge is 0.131 e. The molecule has 0 N–H and O–H groups in total. The summed E-state index contributed by atoms with van der Waals surface area (Å²) < 4.78 is 13.8. The van der Waals surface area contributed by atoms with E-state index in [0.29, 0.717) is 4.47 Å². The minimum Gasteiger partial charge on any atom is -0.206 e. The fraction of sp³-hybridized carbons (Fsp3) is 0. The molecule has 0 aromatic heterocycles. The van der Waals surface area contributed by atoms with Crippen LogP contribution in [0.3, 0.4) is 0 Å². The van der Waals surface area contributed by atoms with Crippen LogP contribution in [0.4, 0.5) is 4.39 Å². The second-order valence-corrected chi connectivity index (χ2v) is 3.36. The van der Waals surface area contributed by atoms with Gasteiger partial charge in [0.25, 0.3) is 0 Å². The van der Waals surface area contributed by atoms with Crippen molar-refractivity contribution in [3.05, 3.63) is 39.6 Å². The van der Waals surface area contributed by atoms with Crippen LogP contribution in [0.5, 0.6) is 0 Å². The zero-order valence-electron chi connectivity index (χ0n) is 6.96. The Balaban J connectivity index is 3.18. The summed E-state index contributed by atoms with van der Waals surface area (Å²) in [5.74, 6) is -0.470. The monoisotopic (exact) mass is 250 g/mol. The Hall–Kier alpha value is -1.65. The molecule has 0 aliphatic carbocycles. The summed E-state index contributed by atoms with van der Waals surface area (Å²) in [6, 6.07) is 7.74. The summed E-state index contributed by atoms with van der Waals surface area (Å²) in [7, 11) is 0. The van der Waals surface area contributed by atoms with Crippen LogP contribution >= 0.6 is 15.9 Å². The highest BCUT2D eigenvalue weighted by molar-refractivity contribution is 9.10. The van der Waals surface area contributed by atoms with E-state index in [1.165, 1.54) is 18.2 Å². The van der Waals surface area contributed by atoms with Crippen LogP contribution in [0.1, 0.15) is 5.56 Å². The number of nitriles is 2. The van der Waals surface area contributed by atoms with Crippen LogP contribution in [-0.2, 0) is 0 Å². The normalized spacial score (nSPS) is 8.57. The Kier molecular flexibility index (Phi) is 3.39. The summed E-state index contributed by atoms with van der Waals surface area (Å²) in [6.07, 6.45) is 1.21. The molecule has 0 atom stereocenters. The van der Waals surface area contributed by atoms with Gasteiger partial charge < -0.3 is 0 Å². The second kappa shape index (κ2) is 4.55. The molecule has 0 heterocycles. The highest BCUT2D eigenvalue weighted by Gasteiger charge is 2.01. The summed E-state index contributed by atoms with van der Waals surface area (Å²) >= 11 is 3.11. The minimum absolute atomic E-state index is 0.119. The fourth-order valence-electron chi connectivity index (χ4n) is 0.864. The summed E-state index contributed by atoms with van der Waals surface area (Å²) in [4.78, 5) is 0. The average molecular weight is 251 g/mol. The lowest BCUT2D eigenvalue weighted by Crippen LogP contribution is -1.83. The molecule has 0 saturated carbocycles. The van der Waals surface area contributed by atoms with E-state index in [0.717, 1.165) is 0 Å². The van der Waals surface area contributed by atoms with Gasteiger partial charge in [0.1, 0.15) is 23.5 Å². The van der Waals surface area contributed by atoms with Crippen LogP contribution in [0, 0.1) is 28.5 Å². The first-order valence-corrected chi connectivity index (χ1v) is 4.43. The van der Waals surface area contributed by atoms with Crippen LogP contribution in [0.25, 0.3) is 6.08 Å². The highest BCUT2D eigenvalue weighted by Crippen LogP contribution is 2.17. The summed E-state index contributed by atoms with van der Waals surface area (Å²) in [5.41, 5.74) is 0.109. The molecular formula is C10H4BrFN2. The molecule has 0 radical (unpaired) electrons. The third-order valence-electron chi connectivity index (χ3n) is 1.50. The van der Waals surface area contributed by atoms with Crippen molar-refractivity contribution in [2.45, 2.75) is 0 Å². The number of benzene rings is 1. The van der Waals surface area contributed by atoms with E-state index in [1.807, 2.05) is 0 Å². The highest BCUT2D eigenvalue weighted by atomic mass is 79.9. The predicted molar refractivity (Wildman–Crippen MR) is 53.3 cm³/mol. The molecule has 0 unspecified atom stereocenters. The zero-order chi connectivity index (χ0) is 10.6. The molecule has 0 aliphatic rings. The Morgan fingerprint density at radius 1 is 1.36 bits per heavy atom. The Morgan fingerprint density at radius 3 is 2.50 bits per heavy atom. The van der Waals surface area contributed by atoms with Crippen molar-refractivity contribution in [3.8, 4) is 12.1 Å². The first-order chi connectivity index (χ1) is 6.67. The summed E-state index contributed by atoms with van der Waals surface area (Å²) in [5, 5.41) is 16.9. The van der Waals surface area contributed by atoms with Gasteiger partial charge in [0.05, 0.1) is 0 Å². The van der Waals surface area contributed by atoms with E-state index in [1.54, 1.807) is 18.2 Å². The predicted octanol–water partition coefficient (Wildman–Crippen LogP) is 3.02. The van der Waals surface area contributed by atoms with Crippen molar-refractivity contribution in [1.82, 2.24) is 0 Å². The van der Waals surface area contributed by atoms with Gasteiger partial charge in [-0.15, -0.1) is 0 Å². The van der Waals surface area contributed by atoms with Gasteiger partial charge >= 0.3 is 0 Å². The van der Waals surface area contributed by atoms with Crippen molar-refractivity contribution in [3.63, 3.8) is 0 Å². The minimum atomic E-state index is -0.470. The number of allylic oxidation sites excluding steroid dienone is 1. The Labute approximate surface area is 89.0 Å². The zero-order valence-corrected chi connectivity index (χ0v) is 8.55. The quantitative estimate of drug-likeness (QED) is 0.720. The third kappa shape index (κ3) is 2.42. The maximum Gasteiger partial charge on any atom is 0.131 e. The van der Waals surface area contributed by atoms with Crippen molar-refractivity contribution in [2.24, 2.45) is 0 Å².